The molecule has 2 N–H and O–H groups in total. The van der Waals surface area contributed by atoms with Crippen LogP contribution in [0.15, 0.2) is 24.4 Å². The van der Waals surface area contributed by atoms with Gasteiger partial charge in [0.1, 0.15) is 5.82 Å². The van der Waals surface area contributed by atoms with Crippen molar-refractivity contribution in [1.29, 1.82) is 0 Å². The second-order valence-electron chi connectivity index (χ2n) is 5.21. The molecule has 4 nitrogen and oxygen atoms in total. The Bertz CT molecular complexity index is 531. The zero-order valence-electron chi connectivity index (χ0n) is 12.5. The minimum Gasteiger partial charge on any atom is -0.383 e. The van der Waals surface area contributed by atoms with Gasteiger partial charge in [-0.15, -0.1) is 0 Å². The lowest BCUT2D eigenvalue weighted by Gasteiger charge is -2.03. The molecule has 0 bridgehead atoms. The average molecular weight is 272 g/mol. The first kappa shape index (κ1) is 14.6. The summed E-state index contributed by atoms with van der Waals surface area (Å²) >= 11 is 0. The van der Waals surface area contributed by atoms with Crippen molar-refractivity contribution in [3.05, 3.63) is 30.1 Å². The van der Waals surface area contributed by atoms with Crippen molar-refractivity contribution < 1.29 is 0 Å². The van der Waals surface area contributed by atoms with Gasteiger partial charge in [-0.2, -0.15) is 5.10 Å². The first-order valence-corrected chi connectivity index (χ1v) is 7.46. The van der Waals surface area contributed by atoms with Crippen LogP contribution in [0.5, 0.6) is 0 Å². The van der Waals surface area contributed by atoms with Crippen molar-refractivity contribution >= 4 is 5.82 Å². The van der Waals surface area contributed by atoms with E-state index in [1.807, 2.05) is 25.2 Å². The SMILES string of the molecule is CCCCCCCc1nn(C)c(N)c1-c1ccccn1. The van der Waals surface area contributed by atoms with Crippen molar-refractivity contribution in [1.82, 2.24) is 14.8 Å². The minimum absolute atomic E-state index is 0.701. The maximum absolute atomic E-state index is 6.15. The van der Waals surface area contributed by atoms with Gasteiger partial charge < -0.3 is 5.73 Å². The largest absolute Gasteiger partial charge is 0.383 e. The van der Waals surface area contributed by atoms with Crippen molar-refractivity contribution in [2.75, 3.05) is 5.73 Å². The third-order valence-electron chi connectivity index (χ3n) is 3.60. The predicted octanol–water partition coefficient (Wildman–Crippen LogP) is 3.58. The van der Waals surface area contributed by atoms with E-state index in [4.69, 9.17) is 5.73 Å². The molecule has 0 aromatic carbocycles. The molecule has 2 aromatic heterocycles. The van der Waals surface area contributed by atoms with Gasteiger partial charge in [0.15, 0.2) is 0 Å². The van der Waals surface area contributed by atoms with Crippen molar-refractivity contribution in [3.8, 4) is 11.3 Å². The van der Waals surface area contributed by atoms with Gasteiger partial charge in [-0.25, -0.2) is 0 Å². The maximum Gasteiger partial charge on any atom is 0.131 e. The topological polar surface area (TPSA) is 56.7 Å². The number of hydrogen-bond acceptors (Lipinski definition) is 3. The summed E-state index contributed by atoms with van der Waals surface area (Å²) < 4.78 is 1.76. The predicted molar refractivity (Wildman–Crippen MR) is 83.3 cm³/mol. The average Bonchev–Trinajstić information content (AvgIpc) is 2.75. The number of aryl methyl sites for hydroxylation is 2. The van der Waals surface area contributed by atoms with Crippen molar-refractivity contribution in [3.63, 3.8) is 0 Å². The molecule has 0 unspecified atom stereocenters. The van der Waals surface area contributed by atoms with Crippen molar-refractivity contribution in [2.24, 2.45) is 7.05 Å². The van der Waals surface area contributed by atoms with Crippen LogP contribution >= 0.6 is 0 Å². The molecular weight excluding hydrogens is 248 g/mol. The number of unbranched alkanes of at least 4 members (excludes halogenated alkanes) is 4. The smallest absolute Gasteiger partial charge is 0.131 e. The molecule has 0 atom stereocenters. The van der Waals surface area contributed by atoms with Crippen LogP contribution in [0.3, 0.4) is 0 Å². The highest BCUT2D eigenvalue weighted by Crippen LogP contribution is 2.28. The Morgan fingerprint density at radius 3 is 2.65 bits per heavy atom. The van der Waals surface area contributed by atoms with Crippen LogP contribution in [-0.2, 0) is 13.5 Å². The first-order chi connectivity index (χ1) is 9.74. The number of anilines is 1. The number of hydrogen-bond donors (Lipinski definition) is 1. The monoisotopic (exact) mass is 272 g/mol. The summed E-state index contributed by atoms with van der Waals surface area (Å²) in [5.74, 6) is 0.701. The Hall–Kier alpha value is -1.84. The molecule has 0 aliphatic carbocycles. The molecule has 108 valence electrons. The lowest BCUT2D eigenvalue weighted by atomic mass is 10.0. The molecular formula is C16H24N4. The Morgan fingerprint density at radius 1 is 1.15 bits per heavy atom. The summed E-state index contributed by atoms with van der Waals surface area (Å²) in [6, 6.07) is 5.90. The fourth-order valence-electron chi connectivity index (χ4n) is 2.46. The molecule has 0 saturated carbocycles. The van der Waals surface area contributed by atoms with Crippen LogP contribution in [0.1, 0.15) is 44.7 Å². The van der Waals surface area contributed by atoms with Gasteiger partial charge in [0.05, 0.1) is 17.0 Å². The molecule has 4 heteroatoms. The van der Waals surface area contributed by atoms with Gasteiger partial charge in [0.2, 0.25) is 0 Å². The zero-order valence-corrected chi connectivity index (χ0v) is 12.5. The van der Waals surface area contributed by atoms with Crippen LogP contribution in [-0.4, -0.2) is 14.8 Å². The summed E-state index contributed by atoms with van der Waals surface area (Å²) in [6.07, 6.45) is 9.08. The number of aromatic nitrogens is 3. The Kier molecular flexibility index (Phi) is 5.16. The van der Waals surface area contributed by atoms with Crippen LogP contribution in [0.2, 0.25) is 0 Å². The summed E-state index contributed by atoms with van der Waals surface area (Å²) in [4.78, 5) is 4.41. The number of nitrogens with zero attached hydrogens (tertiary/aromatic N) is 3. The molecule has 0 aliphatic heterocycles. The van der Waals surface area contributed by atoms with Crippen LogP contribution in [0.25, 0.3) is 11.3 Å². The van der Waals surface area contributed by atoms with E-state index < -0.39 is 0 Å². The lowest BCUT2D eigenvalue weighted by molar-refractivity contribution is 0.623. The summed E-state index contributed by atoms with van der Waals surface area (Å²) in [5, 5.41) is 4.56. The molecule has 20 heavy (non-hydrogen) atoms. The van der Waals surface area contributed by atoms with Gasteiger partial charge in [0, 0.05) is 13.2 Å². The fraction of sp³-hybridized carbons (Fsp3) is 0.500. The maximum atomic E-state index is 6.15. The Balaban J connectivity index is 2.11. The zero-order chi connectivity index (χ0) is 14.4. The lowest BCUT2D eigenvalue weighted by Crippen LogP contribution is -1.98. The Morgan fingerprint density at radius 2 is 1.95 bits per heavy atom. The highest BCUT2D eigenvalue weighted by Gasteiger charge is 2.16. The molecule has 2 aromatic rings. The third kappa shape index (κ3) is 3.38. The Labute approximate surface area is 121 Å². The van der Waals surface area contributed by atoms with Crippen molar-refractivity contribution in [2.45, 2.75) is 45.4 Å². The molecule has 0 amide bonds. The van der Waals surface area contributed by atoms with E-state index in [1.54, 1.807) is 10.9 Å². The van der Waals surface area contributed by atoms with Crippen LogP contribution in [0.4, 0.5) is 5.82 Å². The van der Waals surface area contributed by atoms with E-state index in [1.165, 1.54) is 25.7 Å². The van der Waals surface area contributed by atoms with E-state index in [0.717, 1.165) is 29.8 Å². The molecule has 2 rings (SSSR count). The van der Waals surface area contributed by atoms with E-state index in [2.05, 4.69) is 17.0 Å². The number of pyridine rings is 1. The molecule has 0 aliphatic rings. The molecule has 0 fully saturated rings. The van der Waals surface area contributed by atoms with E-state index in [0.29, 0.717) is 5.82 Å². The van der Waals surface area contributed by atoms with E-state index in [9.17, 15) is 0 Å². The first-order valence-electron chi connectivity index (χ1n) is 7.46. The second kappa shape index (κ2) is 7.08. The van der Waals surface area contributed by atoms with E-state index >= 15 is 0 Å². The van der Waals surface area contributed by atoms with Crippen LogP contribution < -0.4 is 5.73 Å². The highest BCUT2D eigenvalue weighted by molar-refractivity contribution is 5.73. The summed E-state index contributed by atoms with van der Waals surface area (Å²) in [6.45, 7) is 2.23. The summed E-state index contributed by atoms with van der Waals surface area (Å²) in [7, 11) is 1.89. The quantitative estimate of drug-likeness (QED) is 0.784. The van der Waals surface area contributed by atoms with Crippen LogP contribution in [0, 0.1) is 0 Å². The van der Waals surface area contributed by atoms with Gasteiger partial charge >= 0.3 is 0 Å². The third-order valence-corrected chi connectivity index (χ3v) is 3.60. The normalized spacial score (nSPS) is 10.9. The highest BCUT2D eigenvalue weighted by atomic mass is 15.3. The number of nitrogen functional groups attached to an aromatic ring is 1. The fourth-order valence-corrected chi connectivity index (χ4v) is 2.46. The standard InChI is InChI=1S/C16H24N4/c1-3-4-5-6-7-11-14-15(16(17)20(2)19-14)13-10-8-9-12-18-13/h8-10,12H,3-7,11,17H2,1-2H3. The molecule has 0 saturated heterocycles. The second-order valence-corrected chi connectivity index (χ2v) is 5.21. The minimum atomic E-state index is 0.701. The van der Waals surface area contributed by atoms with Gasteiger partial charge in [0.25, 0.3) is 0 Å². The number of rotatable bonds is 7. The number of nitrogens with two attached hydrogens (primary N) is 1. The molecule has 0 radical (unpaired) electrons. The van der Waals surface area contributed by atoms with E-state index in [-0.39, 0.29) is 0 Å². The van der Waals surface area contributed by atoms with Gasteiger partial charge in [-0.3, -0.25) is 9.67 Å². The molecule has 0 spiro atoms. The summed E-state index contributed by atoms with van der Waals surface area (Å²) in [5.41, 5.74) is 9.14. The van der Waals surface area contributed by atoms with Gasteiger partial charge in [-0.05, 0) is 25.0 Å². The molecule has 2 heterocycles. The van der Waals surface area contributed by atoms with Gasteiger partial charge in [-0.1, -0.05) is 38.7 Å².